The zero-order valence-electron chi connectivity index (χ0n) is 14.8. The second kappa shape index (κ2) is 9.23. The van der Waals surface area contributed by atoms with Crippen LogP contribution in [-0.2, 0) is 6.54 Å². The Morgan fingerprint density at radius 1 is 1.11 bits per heavy atom. The van der Waals surface area contributed by atoms with Gasteiger partial charge in [0.15, 0.2) is 0 Å². The normalized spacial score (nSPS) is 10.3. The van der Waals surface area contributed by atoms with Crippen molar-refractivity contribution in [3.63, 3.8) is 0 Å². The van der Waals surface area contributed by atoms with Crippen LogP contribution in [0.5, 0.6) is 11.5 Å². The molecule has 2 N–H and O–H groups in total. The zero-order valence-corrected chi connectivity index (χ0v) is 14.8. The molecule has 2 aromatic heterocycles. The summed E-state index contributed by atoms with van der Waals surface area (Å²) in [5, 5.41) is 5.78. The lowest BCUT2D eigenvalue weighted by Gasteiger charge is -2.08. The number of nitrogens with one attached hydrogen (secondary N) is 2. The maximum absolute atomic E-state index is 12.0. The molecule has 140 valence electrons. The van der Waals surface area contributed by atoms with Gasteiger partial charge in [-0.2, -0.15) is 0 Å². The summed E-state index contributed by atoms with van der Waals surface area (Å²) in [5.74, 6) is 2.38. The summed E-state index contributed by atoms with van der Waals surface area (Å²) in [6.07, 6.45) is 4.50. The van der Waals surface area contributed by atoms with Gasteiger partial charge in [0.05, 0.1) is 32.0 Å². The Balaban J connectivity index is 1.39. The van der Waals surface area contributed by atoms with Crippen LogP contribution in [0.15, 0.2) is 59.5 Å². The van der Waals surface area contributed by atoms with Crippen LogP contribution < -0.4 is 20.1 Å². The van der Waals surface area contributed by atoms with Crippen LogP contribution in [0.25, 0.3) is 0 Å². The van der Waals surface area contributed by atoms with Crippen molar-refractivity contribution in [3.8, 4) is 11.5 Å². The van der Waals surface area contributed by atoms with E-state index in [0.29, 0.717) is 37.0 Å². The molecule has 0 saturated carbocycles. The topological polar surface area (TPSA) is 98.5 Å². The maximum atomic E-state index is 12.0. The van der Waals surface area contributed by atoms with Crippen molar-refractivity contribution in [2.24, 2.45) is 0 Å². The summed E-state index contributed by atoms with van der Waals surface area (Å²) in [5.41, 5.74) is 0.376. The van der Waals surface area contributed by atoms with Crippen molar-refractivity contribution < 1.29 is 18.7 Å². The molecular weight excluding hydrogens is 348 g/mol. The molecule has 0 atom stereocenters. The molecule has 0 aliphatic carbocycles. The fraction of sp³-hybridized carbons (Fsp3) is 0.211. The minimum atomic E-state index is -0.263. The first-order chi connectivity index (χ1) is 13.2. The molecule has 0 radical (unpaired) electrons. The smallest absolute Gasteiger partial charge is 0.254 e. The molecule has 0 unspecified atom stereocenters. The molecule has 8 heteroatoms. The fourth-order valence-corrected chi connectivity index (χ4v) is 2.22. The third kappa shape index (κ3) is 5.46. The van der Waals surface area contributed by atoms with Gasteiger partial charge in [0.25, 0.3) is 5.91 Å². The molecule has 0 bridgehead atoms. The summed E-state index contributed by atoms with van der Waals surface area (Å²) in [6, 6.07) is 10.9. The molecular formula is C19H20N4O4. The Morgan fingerprint density at radius 3 is 2.52 bits per heavy atom. The van der Waals surface area contributed by atoms with E-state index in [1.54, 1.807) is 25.5 Å². The second-order valence-electron chi connectivity index (χ2n) is 5.51. The van der Waals surface area contributed by atoms with Crippen molar-refractivity contribution in [1.82, 2.24) is 15.3 Å². The lowest BCUT2D eigenvalue weighted by atomic mass is 10.3. The summed E-state index contributed by atoms with van der Waals surface area (Å²) < 4.78 is 15.9. The lowest BCUT2D eigenvalue weighted by molar-refractivity contribution is 0.0947. The van der Waals surface area contributed by atoms with E-state index in [1.807, 2.05) is 24.3 Å². The second-order valence-corrected chi connectivity index (χ2v) is 5.51. The van der Waals surface area contributed by atoms with Crippen LogP contribution in [0.1, 0.15) is 16.1 Å². The number of ether oxygens (including phenoxy) is 2. The molecule has 8 nitrogen and oxygen atoms in total. The number of rotatable bonds is 9. The minimum absolute atomic E-state index is 0.263. The summed E-state index contributed by atoms with van der Waals surface area (Å²) in [7, 11) is 1.62. The molecule has 3 rings (SSSR count). The highest BCUT2D eigenvalue weighted by Crippen LogP contribution is 2.16. The summed E-state index contributed by atoms with van der Waals surface area (Å²) in [6.45, 7) is 1.28. The molecule has 27 heavy (non-hydrogen) atoms. The number of furan rings is 1. The molecule has 1 amide bonds. The van der Waals surface area contributed by atoms with Gasteiger partial charge in [0.2, 0.25) is 5.95 Å². The van der Waals surface area contributed by atoms with E-state index in [9.17, 15) is 4.79 Å². The van der Waals surface area contributed by atoms with E-state index >= 15 is 0 Å². The van der Waals surface area contributed by atoms with Gasteiger partial charge >= 0.3 is 0 Å². The van der Waals surface area contributed by atoms with E-state index in [4.69, 9.17) is 13.9 Å². The average Bonchev–Trinajstić information content (AvgIpc) is 3.24. The monoisotopic (exact) mass is 368 g/mol. The van der Waals surface area contributed by atoms with Crippen molar-refractivity contribution in [3.05, 3.63) is 66.4 Å². The van der Waals surface area contributed by atoms with E-state index in [2.05, 4.69) is 20.6 Å². The van der Waals surface area contributed by atoms with Crippen molar-refractivity contribution >= 4 is 11.9 Å². The summed E-state index contributed by atoms with van der Waals surface area (Å²) >= 11 is 0. The lowest BCUT2D eigenvalue weighted by Crippen LogP contribution is -2.23. The molecule has 0 spiro atoms. The molecule has 0 fully saturated rings. The number of nitrogens with zero attached hydrogens (tertiary/aromatic N) is 2. The van der Waals surface area contributed by atoms with E-state index < -0.39 is 0 Å². The number of hydrogen-bond acceptors (Lipinski definition) is 7. The van der Waals surface area contributed by atoms with E-state index in [-0.39, 0.29) is 5.91 Å². The Labute approximate surface area is 156 Å². The summed E-state index contributed by atoms with van der Waals surface area (Å²) in [4.78, 5) is 20.3. The van der Waals surface area contributed by atoms with Gasteiger partial charge in [-0.1, -0.05) is 0 Å². The highest BCUT2D eigenvalue weighted by Gasteiger charge is 2.07. The zero-order chi connectivity index (χ0) is 18.9. The molecule has 0 saturated heterocycles. The van der Waals surface area contributed by atoms with Gasteiger partial charge in [-0.3, -0.25) is 4.79 Å². The van der Waals surface area contributed by atoms with Crippen molar-refractivity contribution in [2.45, 2.75) is 6.54 Å². The quantitative estimate of drug-likeness (QED) is 0.560. The predicted molar refractivity (Wildman–Crippen MR) is 98.9 cm³/mol. The number of methoxy groups -OCH3 is 1. The maximum Gasteiger partial charge on any atom is 0.254 e. The highest BCUT2D eigenvalue weighted by molar-refractivity contribution is 5.93. The third-order valence-electron chi connectivity index (χ3n) is 3.63. The van der Waals surface area contributed by atoms with Crippen LogP contribution >= 0.6 is 0 Å². The van der Waals surface area contributed by atoms with Crippen molar-refractivity contribution in [2.75, 3.05) is 25.6 Å². The van der Waals surface area contributed by atoms with Gasteiger partial charge in [-0.05, 0) is 36.4 Å². The van der Waals surface area contributed by atoms with E-state index in [1.165, 1.54) is 12.4 Å². The number of carbonyl (C=O) groups is 1. The molecule has 0 aliphatic heterocycles. The first kappa shape index (κ1) is 18.2. The average molecular weight is 368 g/mol. The molecule has 1 aromatic carbocycles. The van der Waals surface area contributed by atoms with Crippen LogP contribution in [0, 0.1) is 0 Å². The third-order valence-corrected chi connectivity index (χ3v) is 3.63. The van der Waals surface area contributed by atoms with Crippen LogP contribution in [0.3, 0.4) is 0 Å². The molecule has 3 aromatic rings. The van der Waals surface area contributed by atoms with Crippen LogP contribution in [0.4, 0.5) is 5.95 Å². The Kier molecular flexibility index (Phi) is 6.24. The largest absolute Gasteiger partial charge is 0.497 e. The minimum Gasteiger partial charge on any atom is -0.497 e. The van der Waals surface area contributed by atoms with Gasteiger partial charge in [0, 0.05) is 12.4 Å². The number of anilines is 1. The number of hydrogen-bond donors (Lipinski definition) is 2. The van der Waals surface area contributed by atoms with Gasteiger partial charge in [0.1, 0.15) is 23.9 Å². The highest BCUT2D eigenvalue weighted by atomic mass is 16.5. The van der Waals surface area contributed by atoms with Crippen LogP contribution in [-0.4, -0.2) is 36.1 Å². The van der Waals surface area contributed by atoms with Gasteiger partial charge in [-0.15, -0.1) is 0 Å². The Hall–Kier alpha value is -3.55. The molecule has 0 aliphatic rings. The standard InChI is InChI=1S/C19H20N4O4/c1-25-15-4-6-16(7-5-15)27-10-8-20-19-22-11-14(12-23-19)18(24)21-13-17-3-2-9-26-17/h2-7,9,11-12H,8,10,13H2,1H3,(H,21,24)(H,20,22,23). The number of carbonyl (C=O) groups excluding carboxylic acids is 1. The number of aromatic nitrogens is 2. The number of amides is 1. The van der Waals surface area contributed by atoms with Crippen molar-refractivity contribution in [1.29, 1.82) is 0 Å². The van der Waals surface area contributed by atoms with Gasteiger partial charge < -0.3 is 24.5 Å². The van der Waals surface area contributed by atoms with Gasteiger partial charge in [-0.25, -0.2) is 9.97 Å². The van der Waals surface area contributed by atoms with E-state index in [0.717, 1.165) is 11.5 Å². The first-order valence-electron chi connectivity index (χ1n) is 8.38. The Bertz CT molecular complexity index is 833. The fourth-order valence-electron chi connectivity index (χ4n) is 2.22. The Morgan fingerprint density at radius 2 is 1.85 bits per heavy atom. The first-order valence-corrected chi connectivity index (χ1v) is 8.38. The number of benzene rings is 1. The predicted octanol–water partition coefficient (Wildman–Crippen LogP) is 2.50. The van der Waals surface area contributed by atoms with Crippen LogP contribution in [0.2, 0.25) is 0 Å². The SMILES string of the molecule is COc1ccc(OCCNc2ncc(C(=O)NCc3ccco3)cn2)cc1. The molecule has 2 heterocycles.